The number of hydrogen-bond acceptors (Lipinski definition) is 6. The van der Waals surface area contributed by atoms with Crippen LogP contribution in [0.15, 0.2) is 28.9 Å². The number of hydrogen-bond donors (Lipinski definition) is 1. The van der Waals surface area contributed by atoms with Crippen LogP contribution in [0.4, 0.5) is 11.5 Å². The molecule has 7 heteroatoms. The van der Waals surface area contributed by atoms with Crippen molar-refractivity contribution in [3.63, 3.8) is 0 Å². The Morgan fingerprint density at radius 3 is 2.91 bits per heavy atom. The Labute approximate surface area is 133 Å². The largest absolute Gasteiger partial charge is 0.378 e. The van der Waals surface area contributed by atoms with Crippen molar-refractivity contribution in [1.29, 1.82) is 0 Å². The first-order valence-electron chi connectivity index (χ1n) is 7.87. The van der Waals surface area contributed by atoms with Gasteiger partial charge in [0.2, 0.25) is 0 Å². The molecule has 0 unspecified atom stereocenters. The molecule has 120 valence electrons. The van der Waals surface area contributed by atoms with Gasteiger partial charge in [0.25, 0.3) is 5.91 Å². The van der Waals surface area contributed by atoms with Crippen LogP contribution >= 0.6 is 0 Å². The number of ether oxygens (including phenoxy) is 1. The lowest BCUT2D eigenvalue weighted by Crippen LogP contribution is -2.37. The van der Waals surface area contributed by atoms with Crippen molar-refractivity contribution < 1.29 is 14.1 Å². The highest BCUT2D eigenvalue weighted by atomic mass is 16.5. The van der Waals surface area contributed by atoms with E-state index in [4.69, 9.17) is 9.26 Å². The van der Waals surface area contributed by atoms with E-state index in [0.29, 0.717) is 30.5 Å². The van der Waals surface area contributed by atoms with E-state index in [9.17, 15) is 4.79 Å². The molecule has 1 amide bonds. The first-order valence-corrected chi connectivity index (χ1v) is 7.87. The number of anilines is 2. The number of carbonyl (C=O) groups excluding carboxylic acids is 1. The summed E-state index contributed by atoms with van der Waals surface area (Å²) >= 11 is 0. The summed E-state index contributed by atoms with van der Waals surface area (Å²) in [6.07, 6.45) is 3.95. The molecule has 1 aliphatic heterocycles. The fraction of sp³-hybridized carbons (Fsp3) is 0.438. The fourth-order valence-corrected chi connectivity index (χ4v) is 2.66. The van der Waals surface area contributed by atoms with Gasteiger partial charge in [-0.3, -0.25) is 4.79 Å². The van der Waals surface area contributed by atoms with E-state index in [1.54, 1.807) is 18.3 Å². The van der Waals surface area contributed by atoms with Gasteiger partial charge in [-0.1, -0.05) is 5.16 Å². The number of carbonyl (C=O) groups is 1. The fourth-order valence-electron chi connectivity index (χ4n) is 2.66. The van der Waals surface area contributed by atoms with Crippen LogP contribution in [0.3, 0.4) is 0 Å². The predicted molar refractivity (Wildman–Crippen MR) is 83.7 cm³/mol. The second-order valence-corrected chi connectivity index (χ2v) is 5.82. The minimum Gasteiger partial charge on any atom is -0.378 e. The van der Waals surface area contributed by atoms with Gasteiger partial charge in [-0.05, 0) is 25.0 Å². The van der Waals surface area contributed by atoms with Gasteiger partial charge in [0.15, 0.2) is 11.5 Å². The minimum atomic E-state index is -0.275. The van der Waals surface area contributed by atoms with Crippen LogP contribution in [0.1, 0.15) is 35.0 Å². The third-order valence-electron chi connectivity index (χ3n) is 4.09. The Morgan fingerprint density at radius 2 is 2.13 bits per heavy atom. The first-order chi connectivity index (χ1) is 11.3. The van der Waals surface area contributed by atoms with E-state index in [0.717, 1.165) is 37.5 Å². The van der Waals surface area contributed by atoms with Crippen LogP contribution < -0.4 is 10.2 Å². The predicted octanol–water partition coefficient (Wildman–Crippen LogP) is 2.04. The second kappa shape index (κ2) is 6.00. The molecular weight excluding hydrogens is 296 g/mol. The molecule has 1 saturated heterocycles. The molecule has 1 N–H and O–H groups in total. The molecule has 0 bridgehead atoms. The molecule has 2 aromatic rings. The normalized spacial score (nSPS) is 18.0. The van der Waals surface area contributed by atoms with Crippen LogP contribution in [0.2, 0.25) is 0 Å². The monoisotopic (exact) mass is 314 g/mol. The van der Waals surface area contributed by atoms with E-state index >= 15 is 0 Å². The van der Waals surface area contributed by atoms with Crippen molar-refractivity contribution in [2.45, 2.75) is 18.8 Å². The third-order valence-corrected chi connectivity index (χ3v) is 4.09. The summed E-state index contributed by atoms with van der Waals surface area (Å²) in [4.78, 5) is 18.9. The quantitative estimate of drug-likeness (QED) is 0.930. The number of amides is 1. The molecule has 2 aliphatic rings. The van der Waals surface area contributed by atoms with Gasteiger partial charge >= 0.3 is 0 Å². The molecule has 2 fully saturated rings. The van der Waals surface area contributed by atoms with Gasteiger partial charge in [0.05, 0.1) is 18.9 Å². The molecule has 0 aromatic carbocycles. The SMILES string of the molecule is O=C(Nc1cccnc1N1CCOCC1)c1cc(C2CC2)on1. The molecule has 0 spiro atoms. The standard InChI is InChI=1S/C16H18N4O3/c21-16(13-10-14(23-19-13)11-3-4-11)18-12-2-1-5-17-15(12)20-6-8-22-9-7-20/h1-2,5,10-11H,3-4,6-9H2,(H,18,21). The summed E-state index contributed by atoms with van der Waals surface area (Å²) in [6.45, 7) is 2.85. The van der Waals surface area contributed by atoms with E-state index in [2.05, 4.69) is 20.4 Å². The summed E-state index contributed by atoms with van der Waals surface area (Å²) in [6, 6.07) is 5.38. The van der Waals surface area contributed by atoms with Crippen molar-refractivity contribution in [3.8, 4) is 0 Å². The highest BCUT2D eigenvalue weighted by Crippen LogP contribution is 2.40. The second-order valence-electron chi connectivity index (χ2n) is 5.82. The van der Waals surface area contributed by atoms with Gasteiger partial charge in [0.1, 0.15) is 5.76 Å². The first kappa shape index (κ1) is 14.2. The molecule has 4 rings (SSSR count). The number of aromatic nitrogens is 2. The van der Waals surface area contributed by atoms with Gasteiger partial charge in [0, 0.05) is 31.3 Å². The Morgan fingerprint density at radius 1 is 1.30 bits per heavy atom. The third kappa shape index (κ3) is 3.05. The molecule has 0 radical (unpaired) electrons. The molecule has 0 atom stereocenters. The van der Waals surface area contributed by atoms with Crippen LogP contribution in [-0.2, 0) is 4.74 Å². The molecule has 2 aromatic heterocycles. The van der Waals surface area contributed by atoms with E-state index in [1.165, 1.54) is 0 Å². The summed E-state index contributed by atoms with van der Waals surface area (Å²) < 4.78 is 10.6. The molecule has 3 heterocycles. The Kier molecular flexibility index (Phi) is 3.70. The maximum absolute atomic E-state index is 12.4. The number of rotatable bonds is 4. The summed E-state index contributed by atoms with van der Waals surface area (Å²) in [5.74, 6) is 1.72. The number of morpholine rings is 1. The smallest absolute Gasteiger partial charge is 0.277 e. The Hall–Kier alpha value is -2.41. The number of pyridine rings is 1. The maximum Gasteiger partial charge on any atom is 0.277 e. The molecule has 1 aliphatic carbocycles. The minimum absolute atomic E-state index is 0.275. The van der Waals surface area contributed by atoms with Crippen molar-refractivity contribution in [3.05, 3.63) is 35.9 Å². The van der Waals surface area contributed by atoms with Crippen LogP contribution in [0.5, 0.6) is 0 Å². The van der Waals surface area contributed by atoms with Crippen LogP contribution in [0, 0.1) is 0 Å². The van der Waals surface area contributed by atoms with Gasteiger partial charge in [-0.2, -0.15) is 0 Å². The number of nitrogens with zero attached hydrogens (tertiary/aromatic N) is 3. The molecule has 23 heavy (non-hydrogen) atoms. The highest BCUT2D eigenvalue weighted by Gasteiger charge is 2.29. The Bertz CT molecular complexity index is 705. The zero-order chi connectivity index (χ0) is 15.6. The maximum atomic E-state index is 12.4. The van der Waals surface area contributed by atoms with E-state index in [-0.39, 0.29) is 5.91 Å². The lowest BCUT2D eigenvalue weighted by atomic mass is 10.2. The van der Waals surface area contributed by atoms with Crippen LogP contribution in [-0.4, -0.2) is 42.4 Å². The molecular formula is C16H18N4O3. The van der Waals surface area contributed by atoms with Crippen molar-refractivity contribution in [1.82, 2.24) is 10.1 Å². The Balaban J connectivity index is 1.52. The van der Waals surface area contributed by atoms with E-state index in [1.807, 2.05) is 6.07 Å². The zero-order valence-electron chi connectivity index (χ0n) is 12.7. The van der Waals surface area contributed by atoms with E-state index < -0.39 is 0 Å². The van der Waals surface area contributed by atoms with Gasteiger partial charge in [-0.15, -0.1) is 0 Å². The summed E-state index contributed by atoms with van der Waals surface area (Å²) in [7, 11) is 0. The average Bonchev–Trinajstić information content (AvgIpc) is 3.33. The van der Waals surface area contributed by atoms with Crippen molar-refractivity contribution in [2.75, 3.05) is 36.5 Å². The lowest BCUT2D eigenvalue weighted by Gasteiger charge is -2.29. The number of nitrogens with one attached hydrogen (secondary N) is 1. The summed E-state index contributed by atoms with van der Waals surface area (Å²) in [5.41, 5.74) is 0.985. The van der Waals surface area contributed by atoms with Crippen LogP contribution in [0.25, 0.3) is 0 Å². The summed E-state index contributed by atoms with van der Waals surface area (Å²) in [5, 5.41) is 6.77. The lowest BCUT2D eigenvalue weighted by molar-refractivity contribution is 0.101. The highest BCUT2D eigenvalue weighted by molar-refractivity contribution is 6.04. The van der Waals surface area contributed by atoms with Gasteiger partial charge in [-0.25, -0.2) is 4.98 Å². The topological polar surface area (TPSA) is 80.5 Å². The van der Waals surface area contributed by atoms with Crippen molar-refractivity contribution >= 4 is 17.4 Å². The zero-order valence-corrected chi connectivity index (χ0v) is 12.7. The molecule has 1 saturated carbocycles. The molecule has 7 nitrogen and oxygen atoms in total. The van der Waals surface area contributed by atoms with Gasteiger partial charge < -0.3 is 19.5 Å². The van der Waals surface area contributed by atoms with Crippen molar-refractivity contribution in [2.24, 2.45) is 0 Å². The average molecular weight is 314 g/mol.